The summed E-state index contributed by atoms with van der Waals surface area (Å²) < 4.78 is 33.0. The quantitative estimate of drug-likeness (QED) is 0.683. The first-order valence-corrected chi connectivity index (χ1v) is 8.40. The van der Waals surface area contributed by atoms with Gasteiger partial charge < -0.3 is 15.4 Å². The summed E-state index contributed by atoms with van der Waals surface area (Å²) in [5, 5.41) is 5.22. The van der Waals surface area contributed by atoms with E-state index in [2.05, 4.69) is 20.6 Å². The molecule has 1 heterocycles. The highest BCUT2D eigenvalue weighted by Gasteiger charge is 2.15. The molecule has 3 aromatic rings. The van der Waals surface area contributed by atoms with E-state index in [4.69, 9.17) is 4.74 Å². The van der Waals surface area contributed by atoms with Crippen LogP contribution >= 0.6 is 0 Å². The molecule has 2 N–H and O–H groups in total. The second kappa shape index (κ2) is 7.99. The molecule has 8 heteroatoms. The maximum absolute atomic E-state index is 13.9. The van der Waals surface area contributed by atoms with E-state index in [1.54, 1.807) is 19.1 Å². The van der Waals surface area contributed by atoms with Gasteiger partial charge in [0.05, 0.1) is 12.8 Å². The maximum Gasteiger partial charge on any atom is 0.274 e. The number of anilines is 3. The van der Waals surface area contributed by atoms with Crippen LogP contribution in [0.15, 0.2) is 42.5 Å². The molecule has 0 atom stereocenters. The lowest BCUT2D eigenvalue weighted by molar-refractivity contribution is 0.102. The van der Waals surface area contributed by atoms with Crippen molar-refractivity contribution in [3.63, 3.8) is 0 Å². The minimum absolute atomic E-state index is 0.0373. The third-order valence-corrected chi connectivity index (χ3v) is 3.89. The predicted octanol–water partition coefficient (Wildman–Crippen LogP) is 4.38. The Labute approximate surface area is 160 Å². The summed E-state index contributed by atoms with van der Waals surface area (Å²) in [5.74, 6) is -1.69. The van der Waals surface area contributed by atoms with Crippen molar-refractivity contribution in [1.82, 2.24) is 9.97 Å². The van der Waals surface area contributed by atoms with Gasteiger partial charge in [-0.2, -0.15) is 0 Å². The molecule has 0 aliphatic heterocycles. The number of para-hydroxylation sites is 1. The molecule has 28 heavy (non-hydrogen) atoms. The van der Waals surface area contributed by atoms with Crippen molar-refractivity contribution in [3.05, 3.63) is 71.1 Å². The van der Waals surface area contributed by atoms with E-state index in [0.29, 0.717) is 17.1 Å². The van der Waals surface area contributed by atoms with Gasteiger partial charge in [0.25, 0.3) is 5.91 Å². The maximum atomic E-state index is 13.9. The molecule has 0 aliphatic rings. The molecule has 2 aromatic carbocycles. The molecule has 0 radical (unpaired) electrons. The average Bonchev–Trinajstić information content (AvgIpc) is 2.64. The molecule has 0 saturated carbocycles. The Balaban J connectivity index is 1.89. The van der Waals surface area contributed by atoms with Crippen molar-refractivity contribution in [2.75, 3.05) is 17.7 Å². The number of aryl methyl sites for hydroxylation is 2. The highest BCUT2D eigenvalue weighted by atomic mass is 19.1. The van der Waals surface area contributed by atoms with Gasteiger partial charge in [0.15, 0.2) is 0 Å². The third kappa shape index (κ3) is 4.22. The fourth-order valence-electron chi connectivity index (χ4n) is 2.58. The molecule has 6 nitrogen and oxygen atoms in total. The fraction of sp³-hybridized carbons (Fsp3) is 0.150. The smallest absolute Gasteiger partial charge is 0.274 e. The molecule has 0 saturated heterocycles. The van der Waals surface area contributed by atoms with Gasteiger partial charge in [-0.15, -0.1) is 0 Å². The van der Waals surface area contributed by atoms with Gasteiger partial charge in [0, 0.05) is 5.69 Å². The summed E-state index contributed by atoms with van der Waals surface area (Å²) in [4.78, 5) is 20.8. The van der Waals surface area contributed by atoms with Gasteiger partial charge in [-0.3, -0.25) is 4.79 Å². The first kappa shape index (κ1) is 19.2. The van der Waals surface area contributed by atoms with Crippen LogP contribution in [0.5, 0.6) is 5.75 Å². The SMILES string of the molecule is COc1ccc(C)cc1NC(=O)c1cc(C)nc(Nc2c(F)cccc2F)n1. The summed E-state index contributed by atoms with van der Waals surface area (Å²) in [7, 11) is 1.50. The molecule has 1 amide bonds. The number of nitrogens with one attached hydrogen (secondary N) is 2. The van der Waals surface area contributed by atoms with Crippen molar-refractivity contribution in [2.45, 2.75) is 13.8 Å². The molecule has 0 bridgehead atoms. The standard InChI is InChI=1S/C20H18F2N4O2/c1-11-7-8-17(28-3)15(9-11)24-19(27)16-10-12(2)23-20(25-16)26-18-13(21)5-4-6-14(18)22/h4-10H,1-3H3,(H,24,27)(H,23,25,26). The van der Waals surface area contributed by atoms with E-state index in [1.165, 1.54) is 19.2 Å². The number of carbonyl (C=O) groups is 1. The first-order chi connectivity index (χ1) is 13.4. The van der Waals surface area contributed by atoms with Crippen LogP contribution in [0.2, 0.25) is 0 Å². The van der Waals surface area contributed by atoms with Crippen LogP contribution in [-0.4, -0.2) is 23.0 Å². The number of benzene rings is 2. The Morgan fingerprint density at radius 3 is 2.43 bits per heavy atom. The lowest BCUT2D eigenvalue weighted by atomic mass is 10.2. The number of methoxy groups -OCH3 is 1. The van der Waals surface area contributed by atoms with Crippen LogP contribution in [0.4, 0.5) is 26.1 Å². The minimum atomic E-state index is -0.791. The average molecular weight is 384 g/mol. The van der Waals surface area contributed by atoms with Crippen LogP contribution in [-0.2, 0) is 0 Å². The summed E-state index contributed by atoms with van der Waals surface area (Å²) >= 11 is 0. The van der Waals surface area contributed by atoms with E-state index < -0.39 is 17.5 Å². The number of carbonyl (C=O) groups excluding carboxylic acids is 1. The van der Waals surface area contributed by atoms with E-state index in [1.807, 2.05) is 13.0 Å². The van der Waals surface area contributed by atoms with Crippen molar-refractivity contribution < 1.29 is 18.3 Å². The molecular formula is C20H18F2N4O2. The Morgan fingerprint density at radius 1 is 1.04 bits per heavy atom. The highest BCUT2D eigenvalue weighted by molar-refractivity contribution is 6.04. The van der Waals surface area contributed by atoms with Crippen LogP contribution < -0.4 is 15.4 Å². The zero-order valence-electron chi connectivity index (χ0n) is 15.5. The molecule has 0 unspecified atom stereocenters. The van der Waals surface area contributed by atoms with Crippen molar-refractivity contribution in [1.29, 1.82) is 0 Å². The zero-order valence-corrected chi connectivity index (χ0v) is 15.5. The number of ether oxygens (including phenoxy) is 1. The van der Waals surface area contributed by atoms with Crippen LogP contribution in [0.1, 0.15) is 21.7 Å². The largest absolute Gasteiger partial charge is 0.495 e. The van der Waals surface area contributed by atoms with E-state index in [9.17, 15) is 13.6 Å². The Morgan fingerprint density at radius 2 is 1.75 bits per heavy atom. The highest BCUT2D eigenvalue weighted by Crippen LogP contribution is 2.26. The number of amides is 1. The van der Waals surface area contributed by atoms with Crippen molar-refractivity contribution in [3.8, 4) is 5.75 Å². The summed E-state index contributed by atoms with van der Waals surface area (Å²) in [6.45, 7) is 3.53. The summed E-state index contributed by atoms with van der Waals surface area (Å²) in [6, 6.07) is 10.3. The summed E-state index contributed by atoms with van der Waals surface area (Å²) in [5.41, 5.74) is 1.52. The topological polar surface area (TPSA) is 76.1 Å². The van der Waals surface area contributed by atoms with Gasteiger partial charge in [-0.1, -0.05) is 12.1 Å². The number of halogens is 2. The van der Waals surface area contributed by atoms with Gasteiger partial charge in [-0.25, -0.2) is 18.7 Å². The normalized spacial score (nSPS) is 10.5. The molecular weight excluding hydrogens is 366 g/mol. The molecule has 0 aliphatic carbocycles. The molecule has 0 fully saturated rings. The van der Waals surface area contributed by atoms with Crippen LogP contribution in [0.25, 0.3) is 0 Å². The number of rotatable bonds is 5. The lowest BCUT2D eigenvalue weighted by Gasteiger charge is -2.12. The number of aromatic nitrogens is 2. The van der Waals surface area contributed by atoms with Gasteiger partial charge in [0.1, 0.15) is 28.8 Å². The van der Waals surface area contributed by atoms with Gasteiger partial charge >= 0.3 is 0 Å². The number of hydrogen-bond donors (Lipinski definition) is 2. The van der Waals surface area contributed by atoms with E-state index >= 15 is 0 Å². The molecule has 1 aromatic heterocycles. The van der Waals surface area contributed by atoms with Gasteiger partial charge in [0.2, 0.25) is 5.95 Å². The molecule has 3 rings (SSSR count). The summed E-state index contributed by atoms with van der Waals surface area (Å²) in [6.07, 6.45) is 0. The van der Waals surface area contributed by atoms with Crippen molar-refractivity contribution >= 4 is 23.2 Å². The van der Waals surface area contributed by atoms with Crippen LogP contribution in [0.3, 0.4) is 0 Å². The lowest BCUT2D eigenvalue weighted by Crippen LogP contribution is -2.16. The molecule has 144 valence electrons. The minimum Gasteiger partial charge on any atom is -0.495 e. The van der Waals surface area contributed by atoms with Crippen molar-refractivity contribution in [2.24, 2.45) is 0 Å². The molecule has 0 spiro atoms. The van der Waals surface area contributed by atoms with E-state index in [-0.39, 0.29) is 17.3 Å². The second-order valence-corrected chi connectivity index (χ2v) is 6.10. The fourth-order valence-corrected chi connectivity index (χ4v) is 2.58. The third-order valence-electron chi connectivity index (χ3n) is 3.89. The number of nitrogens with zero attached hydrogens (tertiary/aromatic N) is 2. The second-order valence-electron chi connectivity index (χ2n) is 6.10. The Hall–Kier alpha value is -3.55. The van der Waals surface area contributed by atoms with Gasteiger partial charge in [-0.05, 0) is 49.7 Å². The zero-order chi connectivity index (χ0) is 20.3. The predicted molar refractivity (Wildman–Crippen MR) is 102 cm³/mol. The Kier molecular flexibility index (Phi) is 5.49. The van der Waals surface area contributed by atoms with E-state index in [0.717, 1.165) is 17.7 Å². The van der Waals surface area contributed by atoms with Crippen LogP contribution in [0, 0.1) is 25.5 Å². The monoisotopic (exact) mass is 384 g/mol. The first-order valence-electron chi connectivity index (χ1n) is 8.40. The number of hydrogen-bond acceptors (Lipinski definition) is 5. The Bertz CT molecular complexity index is 1020.